The van der Waals surface area contributed by atoms with Crippen LogP contribution in [-0.4, -0.2) is 14.5 Å². The predicted molar refractivity (Wildman–Crippen MR) is 227 cm³/mol. The summed E-state index contributed by atoms with van der Waals surface area (Å²) in [4.78, 5) is 14.3. The van der Waals surface area contributed by atoms with Crippen molar-refractivity contribution in [2.45, 2.75) is 19.8 Å². The van der Waals surface area contributed by atoms with E-state index in [1.807, 2.05) is 0 Å². The minimum absolute atomic E-state index is 0.383. The molecule has 0 aliphatic carbocycles. The molecule has 0 aliphatic heterocycles. The molecular weight excluding hydrogens is 675 g/mol. The van der Waals surface area contributed by atoms with Gasteiger partial charge in [-0.05, 0) is 109 Å². The van der Waals surface area contributed by atoms with Gasteiger partial charge in [0.05, 0.1) is 11.0 Å². The molecule has 0 spiro atoms. The molecule has 55 heavy (non-hydrogen) atoms. The Hall–Kier alpha value is -7.18. The molecule has 0 fully saturated rings. The summed E-state index contributed by atoms with van der Waals surface area (Å²) in [7, 11) is 0. The Morgan fingerprint density at radius 3 is 1.40 bits per heavy atom. The fourth-order valence-corrected chi connectivity index (χ4v) is 7.81. The molecule has 0 atom stereocenters. The van der Waals surface area contributed by atoms with Crippen LogP contribution in [0.1, 0.15) is 25.3 Å². The number of para-hydroxylation sites is 4. The van der Waals surface area contributed by atoms with Crippen LogP contribution in [0.3, 0.4) is 0 Å². The van der Waals surface area contributed by atoms with Crippen molar-refractivity contribution in [3.8, 4) is 5.82 Å². The van der Waals surface area contributed by atoms with Crippen LogP contribution >= 0.6 is 0 Å². The highest BCUT2D eigenvalue weighted by atomic mass is 16.3. The Balaban J connectivity index is 1.26. The summed E-state index contributed by atoms with van der Waals surface area (Å²) in [5.74, 6) is 1.09. The third kappa shape index (κ3) is 5.58. The minimum Gasteiger partial charge on any atom is -0.450 e. The van der Waals surface area contributed by atoms with Crippen LogP contribution in [0.5, 0.6) is 0 Å². The number of anilines is 6. The van der Waals surface area contributed by atoms with Crippen molar-refractivity contribution in [1.29, 1.82) is 0 Å². The molecule has 10 aromatic rings. The monoisotopic (exact) mass is 711 g/mol. The van der Waals surface area contributed by atoms with Gasteiger partial charge < -0.3 is 14.2 Å². The first-order chi connectivity index (χ1) is 27.1. The Morgan fingerprint density at radius 1 is 0.473 bits per heavy atom. The van der Waals surface area contributed by atoms with E-state index in [-0.39, 0.29) is 0 Å². The van der Waals surface area contributed by atoms with Gasteiger partial charge in [0.2, 0.25) is 0 Å². The average molecular weight is 712 g/mol. The second-order valence-electron chi connectivity index (χ2n) is 14.1. The van der Waals surface area contributed by atoms with Gasteiger partial charge in [-0.15, -0.1) is 0 Å². The predicted octanol–water partition coefficient (Wildman–Crippen LogP) is 13.5. The molecule has 3 aromatic heterocycles. The second-order valence-corrected chi connectivity index (χ2v) is 14.1. The zero-order valence-electron chi connectivity index (χ0n) is 30.5. The van der Waals surface area contributed by atoms with E-state index in [1.165, 1.54) is 5.56 Å². The van der Waals surface area contributed by atoms with Crippen LogP contribution in [0.15, 0.2) is 187 Å². The summed E-state index contributed by atoms with van der Waals surface area (Å²) >= 11 is 0. The van der Waals surface area contributed by atoms with E-state index in [0.29, 0.717) is 17.3 Å². The average Bonchev–Trinajstić information content (AvgIpc) is 3.78. The largest absolute Gasteiger partial charge is 0.450 e. The molecule has 0 saturated heterocycles. The third-order valence-electron chi connectivity index (χ3n) is 10.4. The first kappa shape index (κ1) is 32.5. The smallest absolute Gasteiger partial charge is 0.197 e. The topological polar surface area (TPSA) is 50.3 Å². The molecule has 0 bridgehead atoms. The molecule has 264 valence electrons. The molecule has 7 aromatic carbocycles. The number of nitrogens with zero attached hydrogens (tertiary/aromatic N) is 5. The Kier molecular flexibility index (Phi) is 7.88. The third-order valence-corrected chi connectivity index (χ3v) is 10.4. The van der Waals surface area contributed by atoms with Crippen LogP contribution < -0.4 is 9.80 Å². The van der Waals surface area contributed by atoms with Gasteiger partial charge in [0, 0.05) is 50.3 Å². The number of hydrogen-bond donors (Lipinski definition) is 0. The number of furan rings is 1. The van der Waals surface area contributed by atoms with Crippen molar-refractivity contribution in [2.75, 3.05) is 9.80 Å². The highest BCUT2D eigenvalue weighted by Crippen LogP contribution is 2.43. The lowest BCUT2D eigenvalue weighted by Gasteiger charge is -2.26. The first-order valence-electron chi connectivity index (χ1n) is 18.7. The van der Waals surface area contributed by atoms with Crippen LogP contribution in [0.2, 0.25) is 0 Å². The van der Waals surface area contributed by atoms with Gasteiger partial charge in [-0.25, -0.2) is 9.97 Å². The van der Waals surface area contributed by atoms with E-state index in [2.05, 4.69) is 204 Å². The lowest BCUT2D eigenvalue weighted by molar-refractivity contribution is 0.662. The molecule has 0 unspecified atom stereocenters. The Morgan fingerprint density at radius 2 is 0.945 bits per heavy atom. The maximum Gasteiger partial charge on any atom is 0.197 e. The fraction of sp³-hybridized carbons (Fsp3) is 0.0612. The van der Waals surface area contributed by atoms with Crippen molar-refractivity contribution < 1.29 is 4.42 Å². The van der Waals surface area contributed by atoms with E-state index in [4.69, 9.17) is 14.4 Å². The van der Waals surface area contributed by atoms with Crippen molar-refractivity contribution >= 4 is 78.0 Å². The van der Waals surface area contributed by atoms with Gasteiger partial charge in [0.1, 0.15) is 17.4 Å². The molecule has 0 saturated carbocycles. The van der Waals surface area contributed by atoms with Gasteiger partial charge in [-0.2, -0.15) is 0 Å². The molecular formula is C49H37N5O. The first-order valence-corrected chi connectivity index (χ1v) is 18.7. The maximum absolute atomic E-state index is 6.63. The van der Waals surface area contributed by atoms with Gasteiger partial charge in [-0.3, -0.25) is 4.57 Å². The van der Waals surface area contributed by atoms with E-state index in [9.17, 15) is 0 Å². The van der Waals surface area contributed by atoms with Gasteiger partial charge >= 0.3 is 0 Å². The molecule has 3 heterocycles. The molecule has 6 nitrogen and oxygen atoms in total. The van der Waals surface area contributed by atoms with E-state index >= 15 is 0 Å². The summed E-state index contributed by atoms with van der Waals surface area (Å²) < 4.78 is 8.87. The number of rotatable bonds is 8. The Labute approximate surface area is 319 Å². The fourth-order valence-electron chi connectivity index (χ4n) is 7.81. The summed E-state index contributed by atoms with van der Waals surface area (Å²) in [5.41, 5.74) is 12.0. The SMILES string of the molecule is CC(C)c1ccc2oc3c(-n4c5ccc(N(c6ccccc6)c6ccccc6)cc5c5cc(N(c6ccccc6)c6ccccc6)ccc54)ncnc3c2c1. The highest BCUT2D eigenvalue weighted by molar-refractivity contribution is 6.13. The number of hydrogen-bond acceptors (Lipinski definition) is 5. The van der Waals surface area contributed by atoms with E-state index in [1.54, 1.807) is 6.33 Å². The summed E-state index contributed by atoms with van der Waals surface area (Å²) in [5, 5.41) is 3.19. The molecule has 0 N–H and O–H groups in total. The number of benzene rings is 7. The minimum atomic E-state index is 0.383. The maximum atomic E-state index is 6.63. The van der Waals surface area contributed by atoms with Crippen molar-refractivity contribution in [3.63, 3.8) is 0 Å². The van der Waals surface area contributed by atoms with Crippen molar-refractivity contribution in [1.82, 2.24) is 14.5 Å². The van der Waals surface area contributed by atoms with Crippen LogP contribution in [-0.2, 0) is 0 Å². The summed E-state index contributed by atoms with van der Waals surface area (Å²) in [6, 6.07) is 62.0. The lowest BCUT2D eigenvalue weighted by Crippen LogP contribution is -2.09. The van der Waals surface area contributed by atoms with E-state index in [0.717, 1.165) is 72.4 Å². The van der Waals surface area contributed by atoms with Crippen molar-refractivity contribution in [3.05, 3.63) is 188 Å². The molecule has 0 radical (unpaired) electrons. The van der Waals surface area contributed by atoms with Gasteiger partial charge in [-0.1, -0.05) is 92.7 Å². The summed E-state index contributed by atoms with van der Waals surface area (Å²) in [6.07, 6.45) is 1.66. The second kappa shape index (κ2) is 13.3. The standard InChI is InChI=1S/C49H37N5O/c1-33(2)34-23-28-46-43(29-34)47-48(55-46)49(51-32-50-47)54-44-26-24-39(52(35-15-7-3-8-16-35)36-17-9-4-10-18-36)30-41(44)42-31-40(25-27-45(42)54)53(37-19-11-5-12-20-37)38-21-13-6-14-22-38/h3-33H,1-2H3. The van der Waals surface area contributed by atoms with Gasteiger partial charge in [0.25, 0.3) is 0 Å². The van der Waals surface area contributed by atoms with Crippen LogP contribution in [0.4, 0.5) is 34.1 Å². The molecule has 6 heteroatoms. The van der Waals surface area contributed by atoms with Gasteiger partial charge in [0.15, 0.2) is 11.4 Å². The number of fused-ring (bicyclic) bond motifs is 6. The molecule has 0 amide bonds. The normalized spacial score (nSPS) is 11.6. The summed E-state index contributed by atoms with van der Waals surface area (Å²) in [6.45, 7) is 4.41. The van der Waals surface area contributed by atoms with E-state index < -0.39 is 0 Å². The quantitative estimate of drug-likeness (QED) is 0.157. The zero-order chi connectivity index (χ0) is 36.9. The highest BCUT2D eigenvalue weighted by Gasteiger charge is 2.23. The molecule has 0 aliphatic rings. The van der Waals surface area contributed by atoms with Crippen LogP contribution in [0.25, 0.3) is 49.7 Å². The van der Waals surface area contributed by atoms with Crippen molar-refractivity contribution in [2.24, 2.45) is 0 Å². The molecule has 10 rings (SSSR count). The Bertz CT molecular complexity index is 2740. The number of aromatic nitrogens is 3. The lowest BCUT2D eigenvalue weighted by atomic mass is 10.0. The zero-order valence-corrected chi connectivity index (χ0v) is 30.5. The van der Waals surface area contributed by atoms with Crippen LogP contribution in [0, 0.1) is 0 Å².